The van der Waals surface area contributed by atoms with Gasteiger partial charge in [-0.3, -0.25) is 0 Å². The first-order valence-electron chi connectivity index (χ1n) is 7.60. The zero-order valence-electron chi connectivity index (χ0n) is 13.6. The topological polar surface area (TPSA) is 49.9 Å². The summed E-state index contributed by atoms with van der Waals surface area (Å²) < 4.78 is 11.5. The van der Waals surface area contributed by atoms with Crippen LogP contribution < -0.4 is 14.4 Å². The van der Waals surface area contributed by atoms with Crippen LogP contribution in [0, 0.1) is 5.39 Å². The summed E-state index contributed by atoms with van der Waals surface area (Å²) in [5, 5.41) is 9.18. The largest absolute Gasteiger partial charge is 0.491 e. The third-order valence-electron chi connectivity index (χ3n) is 3.14. The minimum Gasteiger partial charge on any atom is -0.491 e. The van der Waals surface area contributed by atoms with Crippen LogP contribution in [0.15, 0.2) is 12.1 Å². The highest BCUT2D eigenvalue weighted by Crippen LogP contribution is 2.39. The van der Waals surface area contributed by atoms with E-state index in [0.717, 1.165) is 31.4 Å². The summed E-state index contributed by atoms with van der Waals surface area (Å²) in [6, 6.07) is 3.60. The maximum absolute atomic E-state index is 9.18. The molecule has 0 amide bonds. The smallest absolute Gasteiger partial charge is 0.430 e. The number of unbranched alkanes of at least 4 members (excludes halogenated alkanes) is 2. The van der Waals surface area contributed by atoms with E-state index in [4.69, 9.17) is 9.47 Å². The van der Waals surface area contributed by atoms with E-state index in [9.17, 15) is 5.39 Å². The maximum atomic E-state index is 9.18. The Morgan fingerprint density at radius 2 is 1.57 bits per heavy atom. The molecule has 0 radical (unpaired) electrons. The molecule has 1 aromatic rings. The molecule has 0 aliphatic rings. The molecule has 5 heteroatoms. The molecule has 0 aliphatic heterocycles. The predicted octanol–water partition coefficient (Wildman–Crippen LogP) is 4.59. The summed E-state index contributed by atoms with van der Waals surface area (Å²) in [4.78, 5) is 5.28. The first-order valence-corrected chi connectivity index (χ1v) is 7.60. The molecule has 1 aromatic carbocycles. The number of hydrogen-bond acceptors (Lipinski definition) is 4. The van der Waals surface area contributed by atoms with Crippen molar-refractivity contribution in [3.8, 4) is 11.5 Å². The Morgan fingerprint density at radius 1 is 1.00 bits per heavy atom. The summed E-state index contributed by atoms with van der Waals surface area (Å²) in [5.41, 5.74) is 1.33. The van der Waals surface area contributed by atoms with Crippen LogP contribution in [0.25, 0.3) is 4.98 Å². The van der Waals surface area contributed by atoms with Gasteiger partial charge in [0.2, 0.25) is 11.1 Å². The standard InChI is InChI=1S/C16H26N3O2/c1-5-7-9-20-15-12-14(19(3)4)16(11-13(15)18-17)21-10-8-6-2/h11-12H,5-10H2,1-4H3/q+1. The van der Waals surface area contributed by atoms with Crippen LogP contribution in [-0.2, 0) is 0 Å². The lowest BCUT2D eigenvalue weighted by molar-refractivity contribution is 0.303. The van der Waals surface area contributed by atoms with Crippen molar-refractivity contribution < 1.29 is 9.47 Å². The van der Waals surface area contributed by atoms with Crippen LogP contribution in [0.4, 0.5) is 11.4 Å². The van der Waals surface area contributed by atoms with Gasteiger partial charge in [-0.15, -0.1) is 0 Å². The lowest BCUT2D eigenvalue weighted by atomic mass is 10.2. The molecule has 21 heavy (non-hydrogen) atoms. The number of rotatable bonds is 9. The molecule has 0 N–H and O–H groups in total. The van der Waals surface area contributed by atoms with Gasteiger partial charge in [-0.2, -0.15) is 0 Å². The SMILES string of the molecule is CCCCOc1cc(N(C)C)c(OCCCC)cc1[N+]#N. The molecule has 116 valence electrons. The minimum absolute atomic E-state index is 0.406. The number of ether oxygens (including phenoxy) is 2. The van der Waals surface area contributed by atoms with Crippen molar-refractivity contribution in [3.63, 3.8) is 0 Å². The van der Waals surface area contributed by atoms with Gasteiger partial charge < -0.3 is 14.4 Å². The Hall–Kier alpha value is -1.96. The molecule has 0 aliphatic carbocycles. The van der Waals surface area contributed by atoms with E-state index in [0.29, 0.717) is 30.4 Å². The van der Waals surface area contributed by atoms with Crippen molar-refractivity contribution >= 4 is 11.4 Å². The lowest BCUT2D eigenvalue weighted by Crippen LogP contribution is -2.11. The molecule has 0 bridgehead atoms. The third kappa shape index (κ3) is 5.14. The predicted molar refractivity (Wildman–Crippen MR) is 86.3 cm³/mol. The Balaban J connectivity index is 3.00. The Bertz CT molecular complexity index is 481. The summed E-state index contributed by atoms with van der Waals surface area (Å²) in [7, 11) is 3.90. The second kappa shape index (κ2) is 9.06. The van der Waals surface area contributed by atoms with Crippen molar-refractivity contribution in [2.45, 2.75) is 39.5 Å². The summed E-state index contributed by atoms with van der Waals surface area (Å²) in [6.45, 7) is 5.49. The minimum atomic E-state index is 0.406. The number of anilines is 1. The van der Waals surface area contributed by atoms with Gasteiger partial charge in [0.05, 0.1) is 25.0 Å². The average molecular weight is 292 g/mol. The van der Waals surface area contributed by atoms with Gasteiger partial charge >= 0.3 is 5.69 Å². The van der Waals surface area contributed by atoms with Crippen molar-refractivity contribution in [1.29, 1.82) is 5.39 Å². The van der Waals surface area contributed by atoms with Crippen molar-refractivity contribution in [3.05, 3.63) is 17.1 Å². The number of diazo groups is 1. The molecule has 5 nitrogen and oxygen atoms in total. The summed E-state index contributed by atoms with van der Waals surface area (Å²) in [5.74, 6) is 1.29. The number of benzene rings is 1. The second-order valence-electron chi connectivity index (χ2n) is 5.19. The first kappa shape index (κ1) is 17.1. The molecule has 0 saturated heterocycles. The highest BCUT2D eigenvalue weighted by Gasteiger charge is 2.21. The Morgan fingerprint density at radius 3 is 2.05 bits per heavy atom. The van der Waals surface area contributed by atoms with Gasteiger partial charge in [0.25, 0.3) is 0 Å². The van der Waals surface area contributed by atoms with Crippen LogP contribution in [0.3, 0.4) is 0 Å². The van der Waals surface area contributed by atoms with Crippen LogP contribution >= 0.6 is 0 Å². The highest BCUT2D eigenvalue weighted by molar-refractivity contribution is 5.71. The number of hydrogen-bond donors (Lipinski definition) is 0. The van der Waals surface area contributed by atoms with Gasteiger partial charge in [0.1, 0.15) is 0 Å². The normalized spacial score (nSPS) is 10.0. The van der Waals surface area contributed by atoms with E-state index in [2.05, 4.69) is 18.8 Å². The highest BCUT2D eigenvalue weighted by atomic mass is 16.5. The molecule has 1 rings (SSSR count). The van der Waals surface area contributed by atoms with E-state index in [1.165, 1.54) is 0 Å². The van der Waals surface area contributed by atoms with Crippen LogP contribution in [0.1, 0.15) is 39.5 Å². The zero-order chi connectivity index (χ0) is 15.7. The second-order valence-corrected chi connectivity index (χ2v) is 5.19. The van der Waals surface area contributed by atoms with E-state index in [-0.39, 0.29) is 0 Å². The van der Waals surface area contributed by atoms with Crippen molar-refractivity contribution in [1.82, 2.24) is 0 Å². The molecule has 0 aromatic heterocycles. The first-order chi connectivity index (χ1) is 10.1. The van der Waals surface area contributed by atoms with Crippen LogP contribution in [0.2, 0.25) is 0 Å². The fourth-order valence-electron chi connectivity index (χ4n) is 1.85. The van der Waals surface area contributed by atoms with Gasteiger partial charge in [0.15, 0.2) is 10.7 Å². The van der Waals surface area contributed by atoms with Gasteiger partial charge in [-0.1, -0.05) is 26.7 Å². The maximum Gasteiger partial charge on any atom is 0.430 e. The molecule has 0 heterocycles. The van der Waals surface area contributed by atoms with E-state index >= 15 is 0 Å². The monoisotopic (exact) mass is 292 g/mol. The Labute approximate surface area is 127 Å². The molecule has 0 unspecified atom stereocenters. The molecule has 0 atom stereocenters. The fourth-order valence-corrected chi connectivity index (χ4v) is 1.85. The van der Waals surface area contributed by atoms with E-state index in [1.54, 1.807) is 6.07 Å². The molecular weight excluding hydrogens is 266 g/mol. The third-order valence-corrected chi connectivity index (χ3v) is 3.14. The van der Waals surface area contributed by atoms with Crippen LogP contribution in [0.5, 0.6) is 11.5 Å². The molecule has 0 spiro atoms. The van der Waals surface area contributed by atoms with E-state index in [1.807, 2.05) is 25.1 Å². The summed E-state index contributed by atoms with van der Waals surface area (Å²) in [6.07, 6.45) is 4.10. The summed E-state index contributed by atoms with van der Waals surface area (Å²) >= 11 is 0. The zero-order valence-corrected chi connectivity index (χ0v) is 13.6. The van der Waals surface area contributed by atoms with Gasteiger partial charge in [-0.25, -0.2) is 0 Å². The fraction of sp³-hybridized carbons (Fsp3) is 0.625. The van der Waals surface area contributed by atoms with E-state index < -0.39 is 0 Å². The van der Waals surface area contributed by atoms with Crippen LogP contribution in [-0.4, -0.2) is 27.3 Å². The average Bonchev–Trinajstić information content (AvgIpc) is 2.48. The quantitative estimate of drug-likeness (QED) is 0.493. The molecular formula is C16H26N3O2+. The van der Waals surface area contributed by atoms with Gasteiger partial charge in [0, 0.05) is 20.2 Å². The van der Waals surface area contributed by atoms with Gasteiger partial charge in [-0.05, 0) is 12.8 Å². The lowest BCUT2D eigenvalue weighted by Gasteiger charge is -2.18. The molecule has 0 saturated carbocycles. The van der Waals surface area contributed by atoms with Crippen molar-refractivity contribution in [2.75, 3.05) is 32.2 Å². The van der Waals surface area contributed by atoms with Crippen molar-refractivity contribution in [2.24, 2.45) is 0 Å². The molecule has 0 fully saturated rings. The number of nitrogens with zero attached hydrogens (tertiary/aromatic N) is 3. The Kier molecular flexibility index (Phi) is 7.38.